The van der Waals surface area contributed by atoms with E-state index in [4.69, 9.17) is 9.47 Å². The molecule has 1 aliphatic rings. The van der Waals surface area contributed by atoms with Crippen molar-refractivity contribution < 1.29 is 32.7 Å². The van der Waals surface area contributed by atoms with Gasteiger partial charge in [0.1, 0.15) is 19.8 Å². The molecule has 0 aliphatic carbocycles. The molecule has 2 aromatic rings. The number of hydrogen-bond acceptors (Lipinski definition) is 7. The van der Waals surface area contributed by atoms with Crippen molar-refractivity contribution in [3.63, 3.8) is 0 Å². The number of nitro benzene ring substituents is 1. The molecule has 10 nitrogen and oxygen atoms in total. The number of nitro groups is 1. The van der Waals surface area contributed by atoms with Gasteiger partial charge in [0.15, 0.2) is 11.5 Å². The van der Waals surface area contributed by atoms with Gasteiger partial charge < -0.3 is 14.6 Å². The predicted octanol–water partition coefficient (Wildman–Crippen LogP) is 1.95. The third-order valence-electron chi connectivity index (χ3n) is 4.06. The maximum absolute atomic E-state index is 13.1. The van der Waals surface area contributed by atoms with E-state index in [-0.39, 0.29) is 34.2 Å². The molecule has 28 heavy (non-hydrogen) atoms. The van der Waals surface area contributed by atoms with Crippen LogP contribution in [0, 0.1) is 17.0 Å². The number of carboxylic acid groups (broad SMARTS) is 1. The van der Waals surface area contributed by atoms with Gasteiger partial charge in [0.2, 0.25) is 0 Å². The van der Waals surface area contributed by atoms with Crippen molar-refractivity contribution in [2.24, 2.45) is 0 Å². The fraction of sp³-hybridized carbons (Fsp3) is 0.235. The van der Waals surface area contributed by atoms with Crippen LogP contribution >= 0.6 is 0 Å². The monoisotopic (exact) mass is 408 g/mol. The second-order valence-corrected chi connectivity index (χ2v) is 7.80. The van der Waals surface area contributed by atoms with E-state index in [0.29, 0.717) is 16.7 Å². The quantitative estimate of drug-likeness (QED) is 0.566. The van der Waals surface area contributed by atoms with Crippen molar-refractivity contribution in [3.05, 3.63) is 52.1 Å². The molecule has 0 saturated carbocycles. The number of aryl methyl sites for hydroxylation is 1. The molecular weight excluding hydrogens is 392 g/mol. The van der Waals surface area contributed by atoms with Crippen LogP contribution in [-0.4, -0.2) is 44.2 Å². The van der Waals surface area contributed by atoms with Gasteiger partial charge in [-0.15, -0.1) is 0 Å². The lowest BCUT2D eigenvalue weighted by molar-refractivity contribution is -0.385. The Hall–Kier alpha value is -3.34. The molecule has 3 rings (SSSR count). The van der Waals surface area contributed by atoms with E-state index >= 15 is 0 Å². The largest absolute Gasteiger partial charge is 0.486 e. The SMILES string of the molecule is Cc1ccc(S(=O)(=O)N(CC(=O)O)c2ccc3c(c2)OCCO3)cc1[N+](=O)[O-]. The minimum atomic E-state index is -4.40. The molecule has 0 radical (unpaired) electrons. The Labute approximate surface area is 160 Å². The number of anilines is 1. The van der Waals surface area contributed by atoms with Gasteiger partial charge in [-0.2, -0.15) is 0 Å². The summed E-state index contributed by atoms with van der Waals surface area (Å²) in [6.07, 6.45) is 0. The van der Waals surface area contributed by atoms with E-state index in [0.717, 1.165) is 6.07 Å². The van der Waals surface area contributed by atoms with E-state index in [1.807, 2.05) is 0 Å². The molecule has 1 heterocycles. The number of fused-ring (bicyclic) bond motifs is 1. The standard InChI is InChI=1S/C17H16N2O8S/c1-11-2-4-13(9-14(11)19(22)23)28(24,25)18(10-17(20)21)12-3-5-15-16(8-12)27-7-6-26-15/h2-5,8-9H,6-7,10H2,1H3,(H,20,21). The van der Waals surface area contributed by atoms with Crippen molar-refractivity contribution >= 4 is 27.4 Å². The van der Waals surface area contributed by atoms with Crippen LogP contribution in [-0.2, 0) is 14.8 Å². The number of nitrogens with zero attached hydrogens (tertiary/aromatic N) is 2. The number of benzene rings is 2. The smallest absolute Gasteiger partial charge is 0.324 e. The van der Waals surface area contributed by atoms with Crippen LogP contribution in [0.3, 0.4) is 0 Å². The van der Waals surface area contributed by atoms with Crippen molar-refractivity contribution in [2.75, 3.05) is 24.1 Å². The minimum Gasteiger partial charge on any atom is -0.486 e. The Morgan fingerprint density at radius 3 is 2.50 bits per heavy atom. The number of hydrogen-bond donors (Lipinski definition) is 1. The molecule has 0 saturated heterocycles. The molecule has 1 N–H and O–H groups in total. The van der Waals surface area contributed by atoms with E-state index in [2.05, 4.69) is 0 Å². The van der Waals surface area contributed by atoms with Crippen LogP contribution in [0.15, 0.2) is 41.3 Å². The van der Waals surface area contributed by atoms with Crippen LogP contribution < -0.4 is 13.8 Å². The summed E-state index contributed by atoms with van der Waals surface area (Å²) < 4.78 is 37.6. The highest BCUT2D eigenvalue weighted by molar-refractivity contribution is 7.92. The summed E-state index contributed by atoms with van der Waals surface area (Å²) in [6, 6.07) is 7.63. The number of carboxylic acids is 1. The van der Waals surface area contributed by atoms with E-state index in [9.17, 15) is 28.4 Å². The third-order valence-corrected chi connectivity index (χ3v) is 5.83. The summed E-state index contributed by atoms with van der Waals surface area (Å²) in [5, 5.41) is 20.4. The van der Waals surface area contributed by atoms with Crippen LogP contribution in [0.5, 0.6) is 11.5 Å². The molecule has 0 bridgehead atoms. The molecule has 2 aromatic carbocycles. The maximum atomic E-state index is 13.1. The molecular formula is C17H16N2O8S. The fourth-order valence-corrected chi connectivity index (χ4v) is 4.13. The minimum absolute atomic E-state index is 0.0369. The molecule has 0 unspecified atom stereocenters. The number of carbonyl (C=O) groups is 1. The second-order valence-electron chi connectivity index (χ2n) is 5.94. The zero-order valence-corrected chi connectivity index (χ0v) is 15.5. The Morgan fingerprint density at radius 2 is 1.86 bits per heavy atom. The highest BCUT2D eigenvalue weighted by Crippen LogP contribution is 2.36. The van der Waals surface area contributed by atoms with Gasteiger partial charge in [-0.1, -0.05) is 6.07 Å². The zero-order chi connectivity index (χ0) is 20.5. The lowest BCUT2D eigenvalue weighted by Gasteiger charge is -2.25. The number of aliphatic carboxylic acids is 1. The predicted molar refractivity (Wildman–Crippen MR) is 97.4 cm³/mol. The van der Waals surface area contributed by atoms with Crippen LogP contribution in [0.1, 0.15) is 5.56 Å². The summed E-state index contributed by atoms with van der Waals surface area (Å²) in [5.41, 5.74) is -0.0542. The first kappa shape index (κ1) is 19.4. The van der Waals surface area contributed by atoms with Gasteiger partial charge in [-0.25, -0.2) is 8.42 Å². The summed E-state index contributed by atoms with van der Waals surface area (Å²) >= 11 is 0. The van der Waals surface area contributed by atoms with Gasteiger partial charge in [-0.05, 0) is 25.1 Å². The first-order chi connectivity index (χ1) is 13.2. The molecule has 0 aromatic heterocycles. The van der Waals surface area contributed by atoms with E-state index in [1.54, 1.807) is 0 Å². The van der Waals surface area contributed by atoms with Crippen LogP contribution in [0.4, 0.5) is 11.4 Å². The van der Waals surface area contributed by atoms with Gasteiger partial charge in [0.05, 0.1) is 15.5 Å². The highest BCUT2D eigenvalue weighted by Gasteiger charge is 2.30. The lowest BCUT2D eigenvalue weighted by atomic mass is 10.2. The normalized spacial score (nSPS) is 13.0. The highest BCUT2D eigenvalue weighted by atomic mass is 32.2. The molecule has 0 atom stereocenters. The summed E-state index contributed by atoms with van der Waals surface area (Å²) in [5.74, 6) is -0.696. The Morgan fingerprint density at radius 1 is 1.18 bits per heavy atom. The Kier molecular flexibility index (Phi) is 5.10. The van der Waals surface area contributed by atoms with E-state index < -0.39 is 27.5 Å². The van der Waals surface area contributed by atoms with Crippen LogP contribution in [0.2, 0.25) is 0 Å². The zero-order valence-electron chi connectivity index (χ0n) is 14.7. The number of rotatable bonds is 6. The molecule has 1 aliphatic heterocycles. The summed E-state index contributed by atoms with van der Waals surface area (Å²) in [4.78, 5) is 21.4. The molecule has 0 spiro atoms. The van der Waals surface area contributed by atoms with Gasteiger partial charge in [0.25, 0.3) is 15.7 Å². The first-order valence-electron chi connectivity index (χ1n) is 8.09. The van der Waals surface area contributed by atoms with Crippen LogP contribution in [0.25, 0.3) is 0 Å². The number of sulfonamides is 1. The first-order valence-corrected chi connectivity index (χ1v) is 9.53. The Bertz CT molecular complexity index is 1050. The average molecular weight is 408 g/mol. The maximum Gasteiger partial charge on any atom is 0.324 e. The van der Waals surface area contributed by atoms with Crippen molar-refractivity contribution in [3.8, 4) is 11.5 Å². The topological polar surface area (TPSA) is 136 Å². The molecule has 148 valence electrons. The van der Waals surface area contributed by atoms with Gasteiger partial charge in [-0.3, -0.25) is 19.2 Å². The Balaban J connectivity index is 2.10. The van der Waals surface area contributed by atoms with Gasteiger partial charge in [0, 0.05) is 17.7 Å². The van der Waals surface area contributed by atoms with Crippen molar-refractivity contribution in [2.45, 2.75) is 11.8 Å². The van der Waals surface area contributed by atoms with Crippen molar-refractivity contribution in [1.29, 1.82) is 0 Å². The van der Waals surface area contributed by atoms with Gasteiger partial charge >= 0.3 is 5.97 Å². The molecule has 0 fully saturated rings. The number of ether oxygens (including phenoxy) is 2. The summed E-state index contributed by atoms with van der Waals surface area (Å²) in [7, 11) is -4.40. The van der Waals surface area contributed by atoms with E-state index in [1.165, 1.54) is 37.3 Å². The second kappa shape index (κ2) is 7.35. The third kappa shape index (κ3) is 3.69. The summed E-state index contributed by atoms with van der Waals surface area (Å²) in [6.45, 7) is 1.22. The van der Waals surface area contributed by atoms with Crippen molar-refractivity contribution in [1.82, 2.24) is 0 Å². The fourth-order valence-electron chi connectivity index (χ4n) is 2.70. The molecule has 0 amide bonds. The molecule has 11 heteroatoms. The average Bonchev–Trinajstić information content (AvgIpc) is 2.65. The lowest BCUT2D eigenvalue weighted by Crippen LogP contribution is -2.36.